The summed E-state index contributed by atoms with van der Waals surface area (Å²) >= 11 is 0. The van der Waals surface area contributed by atoms with Gasteiger partial charge < -0.3 is 19.5 Å². The maximum atomic E-state index is 13.9. The molecular formula is C30H35N5O2. The molecule has 0 unspecified atom stereocenters. The van der Waals surface area contributed by atoms with Crippen molar-refractivity contribution < 1.29 is 9.53 Å². The van der Waals surface area contributed by atoms with Crippen LogP contribution in [0.4, 0.5) is 5.69 Å². The summed E-state index contributed by atoms with van der Waals surface area (Å²) in [6.45, 7) is 5.37. The fourth-order valence-electron chi connectivity index (χ4n) is 5.00. The minimum Gasteiger partial charge on any atom is -0.385 e. The molecule has 1 aliphatic heterocycles. The molecule has 7 nitrogen and oxygen atoms in total. The molecule has 4 aromatic rings. The van der Waals surface area contributed by atoms with Crippen molar-refractivity contribution in [2.75, 3.05) is 38.6 Å². The van der Waals surface area contributed by atoms with Crippen LogP contribution in [0.2, 0.25) is 0 Å². The number of carbonyl (C=O) groups is 1. The number of amides is 1. The summed E-state index contributed by atoms with van der Waals surface area (Å²) in [6, 6.07) is 26.8. The van der Waals surface area contributed by atoms with E-state index in [2.05, 4.69) is 52.7 Å². The maximum absolute atomic E-state index is 13.9. The smallest absolute Gasteiger partial charge is 0.242 e. The molecule has 0 fully saturated rings. The lowest BCUT2D eigenvalue weighted by atomic mass is 10.1. The number of carbonyl (C=O) groups excluding carboxylic acids is 1. The Kier molecular flexibility index (Phi) is 8.13. The Hall–Kier alpha value is -3.68. The van der Waals surface area contributed by atoms with Gasteiger partial charge in [-0.25, -0.2) is 4.98 Å². The number of hydrogen-bond donors (Lipinski definition) is 1. The minimum atomic E-state index is 0.0780. The van der Waals surface area contributed by atoms with Crippen molar-refractivity contribution in [3.8, 4) is 0 Å². The van der Waals surface area contributed by atoms with Crippen molar-refractivity contribution in [3.63, 3.8) is 0 Å². The molecule has 7 heteroatoms. The number of rotatable bonds is 6. The molecule has 37 heavy (non-hydrogen) atoms. The second-order valence-corrected chi connectivity index (χ2v) is 9.55. The van der Waals surface area contributed by atoms with Gasteiger partial charge in [0.15, 0.2) is 0 Å². The minimum absolute atomic E-state index is 0.0780. The Balaban J connectivity index is 1.41. The van der Waals surface area contributed by atoms with E-state index < -0.39 is 0 Å². The van der Waals surface area contributed by atoms with E-state index in [1.165, 1.54) is 5.56 Å². The zero-order valence-electron chi connectivity index (χ0n) is 21.5. The lowest BCUT2D eigenvalue weighted by Gasteiger charge is -2.28. The van der Waals surface area contributed by atoms with Crippen LogP contribution in [-0.4, -0.2) is 58.5 Å². The summed E-state index contributed by atoms with van der Waals surface area (Å²) in [5.74, 6) is 0.844. The molecule has 0 bridgehead atoms. The summed E-state index contributed by atoms with van der Waals surface area (Å²) in [5, 5.41) is 3.60. The molecule has 0 atom stereocenters. The predicted octanol–water partition coefficient (Wildman–Crippen LogP) is 4.53. The Morgan fingerprint density at radius 3 is 2.59 bits per heavy atom. The molecule has 0 radical (unpaired) electrons. The van der Waals surface area contributed by atoms with E-state index in [1.807, 2.05) is 45.9 Å². The number of benzene rings is 3. The first-order valence-corrected chi connectivity index (χ1v) is 13.0. The molecular weight excluding hydrogens is 462 g/mol. The van der Waals surface area contributed by atoms with Crippen LogP contribution in [0, 0.1) is 0 Å². The first-order valence-electron chi connectivity index (χ1n) is 13.0. The molecule has 0 aliphatic carbocycles. The Morgan fingerprint density at radius 1 is 0.946 bits per heavy atom. The van der Waals surface area contributed by atoms with Crippen LogP contribution < -0.4 is 5.32 Å². The topological polar surface area (TPSA) is 62.6 Å². The number of aromatic nitrogens is 2. The summed E-state index contributed by atoms with van der Waals surface area (Å²) in [4.78, 5) is 23.1. The number of ether oxygens (including phenoxy) is 1. The zero-order valence-corrected chi connectivity index (χ0v) is 21.5. The van der Waals surface area contributed by atoms with Gasteiger partial charge in [-0.15, -0.1) is 0 Å². The lowest BCUT2D eigenvalue weighted by Crippen LogP contribution is -2.40. The first kappa shape index (κ1) is 25.0. The van der Waals surface area contributed by atoms with Crippen molar-refractivity contribution in [3.05, 3.63) is 95.8 Å². The fraction of sp³-hybridized carbons (Fsp3) is 0.333. The Bertz CT molecular complexity index is 1320. The summed E-state index contributed by atoms with van der Waals surface area (Å²) < 4.78 is 7.40. The van der Waals surface area contributed by atoms with Crippen LogP contribution in [0.15, 0.2) is 78.9 Å². The number of hydrogen-bond acceptors (Lipinski definition) is 5. The number of para-hydroxylation sites is 3. The highest BCUT2D eigenvalue weighted by molar-refractivity contribution is 5.81. The van der Waals surface area contributed by atoms with Crippen molar-refractivity contribution in [2.45, 2.75) is 32.7 Å². The van der Waals surface area contributed by atoms with Crippen LogP contribution in [0.1, 0.15) is 23.4 Å². The summed E-state index contributed by atoms with van der Waals surface area (Å²) in [5.41, 5.74) is 5.36. The van der Waals surface area contributed by atoms with Gasteiger partial charge in [-0.2, -0.15) is 0 Å². The third-order valence-electron chi connectivity index (χ3n) is 6.93. The molecule has 3 aromatic carbocycles. The van der Waals surface area contributed by atoms with Crippen LogP contribution in [-0.2, 0) is 35.8 Å². The molecule has 192 valence electrons. The van der Waals surface area contributed by atoms with Crippen molar-refractivity contribution >= 4 is 22.6 Å². The van der Waals surface area contributed by atoms with Gasteiger partial charge in [0.25, 0.3) is 0 Å². The lowest BCUT2D eigenvalue weighted by molar-refractivity contribution is -0.132. The number of nitrogens with one attached hydrogen (secondary N) is 1. The van der Waals surface area contributed by atoms with Crippen LogP contribution in [0.3, 0.4) is 0 Å². The van der Waals surface area contributed by atoms with E-state index in [0.29, 0.717) is 19.7 Å². The molecule has 0 saturated heterocycles. The highest BCUT2D eigenvalue weighted by Crippen LogP contribution is 2.21. The normalized spacial score (nSPS) is 15.1. The van der Waals surface area contributed by atoms with Crippen molar-refractivity contribution in [1.29, 1.82) is 0 Å². The quantitative estimate of drug-likeness (QED) is 0.424. The van der Waals surface area contributed by atoms with E-state index >= 15 is 0 Å². The fourth-order valence-corrected chi connectivity index (χ4v) is 5.00. The molecule has 2 heterocycles. The van der Waals surface area contributed by atoms with Crippen LogP contribution in [0.5, 0.6) is 0 Å². The second kappa shape index (κ2) is 12.0. The number of nitrogens with zero attached hydrogens (tertiary/aromatic N) is 4. The van der Waals surface area contributed by atoms with Gasteiger partial charge in [0.1, 0.15) is 19.0 Å². The largest absolute Gasteiger partial charge is 0.385 e. The van der Waals surface area contributed by atoms with E-state index in [0.717, 1.165) is 60.7 Å². The average Bonchev–Trinajstić information content (AvgIpc) is 3.24. The van der Waals surface area contributed by atoms with Gasteiger partial charge in [0.2, 0.25) is 5.91 Å². The molecule has 1 N–H and O–H groups in total. The third kappa shape index (κ3) is 6.18. The zero-order chi connectivity index (χ0) is 25.5. The highest BCUT2D eigenvalue weighted by atomic mass is 16.5. The molecule has 5 rings (SSSR count). The van der Waals surface area contributed by atoms with E-state index in [9.17, 15) is 4.79 Å². The van der Waals surface area contributed by atoms with Crippen molar-refractivity contribution in [2.24, 2.45) is 0 Å². The van der Waals surface area contributed by atoms with Gasteiger partial charge >= 0.3 is 0 Å². The van der Waals surface area contributed by atoms with Gasteiger partial charge in [-0.1, -0.05) is 60.7 Å². The van der Waals surface area contributed by atoms with E-state index in [1.54, 1.807) is 7.11 Å². The van der Waals surface area contributed by atoms with E-state index in [4.69, 9.17) is 9.72 Å². The molecule has 0 saturated carbocycles. The van der Waals surface area contributed by atoms with Gasteiger partial charge in [-0.05, 0) is 35.7 Å². The Labute approximate surface area is 218 Å². The SMILES string of the molecule is COCc1nc2ccccc2n1CC(=O)N1CCN(Cc2ccccc2)CCCNc2ccccc2C1. The van der Waals surface area contributed by atoms with Gasteiger partial charge in [0, 0.05) is 52.1 Å². The maximum Gasteiger partial charge on any atom is 0.242 e. The second-order valence-electron chi connectivity index (χ2n) is 9.55. The third-order valence-corrected chi connectivity index (χ3v) is 6.93. The highest BCUT2D eigenvalue weighted by Gasteiger charge is 2.21. The van der Waals surface area contributed by atoms with E-state index in [-0.39, 0.29) is 12.5 Å². The summed E-state index contributed by atoms with van der Waals surface area (Å²) in [7, 11) is 1.66. The molecule has 1 amide bonds. The van der Waals surface area contributed by atoms with Crippen molar-refractivity contribution in [1.82, 2.24) is 19.4 Å². The predicted molar refractivity (Wildman–Crippen MR) is 147 cm³/mol. The van der Waals surface area contributed by atoms with Crippen LogP contribution in [0.25, 0.3) is 11.0 Å². The average molecular weight is 498 g/mol. The Morgan fingerprint density at radius 2 is 1.73 bits per heavy atom. The van der Waals surface area contributed by atoms with Crippen LogP contribution >= 0.6 is 0 Å². The number of methoxy groups -OCH3 is 1. The molecule has 0 spiro atoms. The van der Waals surface area contributed by atoms with Gasteiger partial charge in [0.05, 0.1) is 11.0 Å². The number of imidazole rings is 1. The number of fused-ring (bicyclic) bond motifs is 2. The first-order chi connectivity index (χ1) is 18.2. The molecule has 1 aromatic heterocycles. The summed E-state index contributed by atoms with van der Waals surface area (Å²) in [6.07, 6.45) is 1.04. The monoisotopic (exact) mass is 497 g/mol. The number of anilines is 1. The standard InChI is InChI=1S/C30H35N5O2/c1-37-23-29-32-27-14-7-8-15-28(27)35(29)22-30(36)34-19-18-33(20-24-10-3-2-4-11-24)17-9-16-31-26-13-6-5-12-25(26)21-34/h2-8,10-15,31H,9,16-23H2,1H3. The van der Waals surface area contributed by atoms with Gasteiger partial charge in [-0.3, -0.25) is 9.69 Å². The molecule has 1 aliphatic rings.